The predicted octanol–water partition coefficient (Wildman–Crippen LogP) is 3.65. The molecule has 0 fully saturated rings. The van der Waals surface area contributed by atoms with E-state index in [0.29, 0.717) is 36.4 Å². The average molecular weight is 347 g/mol. The minimum Gasteiger partial charge on any atom is -0.493 e. The maximum Gasteiger partial charge on any atom is 0.203 e. The van der Waals surface area contributed by atoms with Gasteiger partial charge in [-0.25, -0.2) is 0 Å². The van der Waals surface area contributed by atoms with Gasteiger partial charge < -0.3 is 18.9 Å². The maximum absolute atomic E-state index is 5.74. The van der Waals surface area contributed by atoms with Crippen LogP contribution in [0, 0.1) is 5.92 Å². The van der Waals surface area contributed by atoms with Gasteiger partial charge in [-0.3, -0.25) is 0 Å². The maximum atomic E-state index is 5.74. The zero-order valence-electron chi connectivity index (χ0n) is 12.6. The van der Waals surface area contributed by atoms with E-state index in [1.165, 1.54) is 0 Å². The largest absolute Gasteiger partial charge is 0.493 e. The van der Waals surface area contributed by atoms with Gasteiger partial charge >= 0.3 is 0 Å². The second kappa shape index (κ2) is 9.08. The van der Waals surface area contributed by atoms with Crippen LogP contribution in [0.2, 0.25) is 0 Å². The van der Waals surface area contributed by atoms with Crippen molar-refractivity contribution in [3.05, 3.63) is 17.7 Å². The summed E-state index contributed by atoms with van der Waals surface area (Å²) in [6.07, 6.45) is 0. The molecule has 0 aliphatic carbocycles. The number of benzene rings is 1. The van der Waals surface area contributed by atoms with Gasteiger partial charge in [-0.1, -0.05) is 29.8 Å². The summed E-state index contributed by atoms with van der Waals surface area (Å²) < 4.78 is 22.0. The van der Waals surface area contributed by atoms with Crippen molar-refractivity contribution in [3.63, 3.8) is 0 Å². The zero-order chi connectivity index (χ0) is 15.0. The predicted molar refractivity (Wildman–Crippen MR) is 83.3 cm³/mol. The van der Waals surface area contributed by atoms with Crippen molar-refractivity contribution in [2.75, 3.05) is 34.0 Å². The van der Waals surface area contributed by atoms with Crippen LogP contribution in [0.25, 0.3) is 0 Å². The number of hydrogen-bond acceptors (Lipinski definition) is 4. The lowest BCUT2D eigenvalue weighted by molar-refractivity contribution is 0.0802. The minimum absolute atomic E-state index is 0.465. The number of rotatable bonds is 9. The number of alkyl halides is 1. The first kappa shape index (κ1) is 17.1. The molecule has 0 aliphatic heterocycles. The minimum atomic E-state index is 0.465. The summed E-state index contributed by atoms with van der Waals surface area (Å²) in [5.41, 5.74) is 1.07. The molecule has 5 heteroatoms. The van der Waals surface area contributed by atoms with Gasteiger partial charge in [0.15, 0.2) is 11.5 Å². The van der Waals surface area contributed by atoms with Crippen LogP contribution in [0.5, 0.6) is 17.2 Å². The molecule has 0 bridgehead atoms. The topological polar surface area (TPSA) is 36.9 Å². The van der Waals surface area contributed by atoms with Crippen molar-refractivity contribution in [3.8, 4) is 17.2 Å². The average Bonchev–Trinajstić information content (AvgIpc) is 2.46. The standard InChI is InChI=1S/C15H23BrO4/c1-11(2)10-19-5-6-20-15-13(17-3)7-12(9-16)8-14(15)18-4/h7-8,11H,5-6,9-10H2,1-4H3. The third-order valence-corrected chi connectivity index (χ3v) is 3.25. The second-order valence-corrected chi connectivity index (χ2v) is 5.34. The van der Waals surface area contributed by atoms with Crippen LogP contribution in [0.3, 0.4) is 0 Å². The van der Waals surface area contributed by atoms with E-state index in [1.807, 2.05) is 12.1 Å². The zero-order valence-corrected chi connectivity index (χ0v) is 14.2. The summed E-state index contributed by atoms with van der Waals surface area (Å²) in [4.78, 5) is 0. The molecule has 0 spiro atoms. The van der Waals surface area contributed by atoms with Gasteiger partial charge in [0.2, 0.25) is 5.75 Å². The van der Waals surface area contributed by atoms with Gasteiger partial charge in [0.05, 0.1) is 20.8 Å². The SMILES string of the molecule is COc1cc(CBr)cc(OC)c1OCCOCC(C)C. The van der Waals surface area contributed by atoms with E-state index in [-0.39, 0.29) is 0 Å². The third-order valence-electron chi connectivity index (χ3n) is 2.60. The molecule has 0 atom stereocenters. The first-order valence-corrected chi connectivity index (χ1v) is 7.75. The van der Waals surface area contributed by atoms with Crippen LogP contribution in [0.15, 0.2) is 12.1 Å². The van der Waals surface area contributed by atoms with Gasteiger partial charge in [-0.2, -0.15) is 0 Å². The smallest absolute Gasteiger partial charge is 0.203 e. The molecule has 0 amide bonds. The van der Waals surface area contributed by atoms with Crippen molar-refractivity contribution >= 4 is 15.9 Å². The summed E-state index contributed by atoms with van der Waals surface area (Å²) >= 11 is 3.42. The Morgan fingerprint density at radius 1 is 1.05 bits per heavy atom. The molecule has 1 aromatic rings. The van der Waals surface area contributed by atoms with E-state index >= 15 is 0 Å². The highest BCUT2D eigenvalue weighted by Gasteiger charge is 2.13. The van der Waals surface area contributed by atoms with Crippen molar-refractivity contribution < 1.29 is 18.9 Å². The van der Waals surface area contributed by atoms with E-state index in [4.69, 9.17) is 18.9 Å². The van der Waals surface area contributed by atoms with E-state index in [2.05, 4.69) is 29.8 Å². The highest BCUT2D eigenvalue weighted by Crippen LogP contribution is 2.39. The summed E-state index contributed by atoms with van der Waals surface area (Å²) in [6, 6.07) is 3.86. The van der Waals surface area contributed by atoms with E-state index in [1.54, 1.807) is 14.2 Å². The van der Waals surface area contributed by atoms with Crippen molar-refractivity contribution in [1.82, 2.24) is 0 Å². The number of ether oxygens (including phenoxy) is 4. The van der Waals surface area contributed by atoms with Crippen LogP contribution in [-0.4, -0.2) is 34.0 Å². The number of halogens is 1. The van der Waals surface area contributed by atoms with Gasteiger partial charge in [-0.05, 0) is 23.6 Å². The molecular weight excluding hydrogens is 324 g/mol. The molecule has 1 aromatic carbocycles. The summed E-state index contributed by atoms with van der Waals surface area (Å²) in [5, 5.41) is 0.734. The van der Waals surface area contributed by atoms with Crippen LogP contribution in [-0.2, 0) is 10.1 Å². The lowest BCUT2D eigenvalue weighted by atomic mass is 10.2. The molecule has 4 nitrogen and oxygen atoms in total. The highest BCUT2D eigenvalue weighted by molar-refractivity contribution is 9.08. The summed E-state index contributed by atoms with van der Waals surface area (Å²) in [7, 11) is 3.24. The van der Waals surface area contributed by atoms with Gasteiger partial charge in [-0.15, -0.1) is 0 Å². The molecule has 0 unspecified atom stereocenters. The fourth-order valence-corrected chi connectivity index (χ4v) is 2.00. The molecule has 0 radical (unpaired) electrons. The fourth-order valence-electron chi connectivity index (χ4n) is 1.68. The number of hydrogen-bond donors (Lipinski definition) is 0. The molecule has 1 rings (SSSR count). The molecule has 0 heterocycles. The van der Waals surface area contributed by atoms with Crippen LogP contribution < -0.4 is 14.2 Å². The monoisotopic (exact) mass is 346 g/mol. The van der Waals surface area contributed by atoms with Crippen LogP contribution >= 0.6 is 15.9 Å². The Hall–Kier alpha value is -0.940. The summed E-state index contributed by atoms with van der Waals surface area (Å²) in [6.45, 7) is 5.98. The normalized spacial score (nSPS) is 10.7. The van der Waals surface area contributed by atoms with Crippen molar-refractivity contribution in [2.24, 2.45) is 5.92 Å². The van der Waals surface area contributed by atoms with E-state index in [0.717, 1.165) is 17.5 Å². The van der Waals surface area contributed by atoms with Gasteiger partial charge in [0.25, 0.3) is 0 Å². The molecule has 0 aliphatic rings. The van der Waals surface area contributed by atoms with Gasteiger partial charge in [0, 0.05) is 11.9 Å². The Labute approximate surface area is 129 Å². The first-order chi connectivity index (χ1) is 9.62. The molecule has 0 N–H and O–H groups in total. The molecule has 20 heavy (non-hydrogen) atoms. The second-order valence-electron chi connectivity index (χ2n) is 4.78. The third kappa shape index (κ3) is 5.21. The molecule has 0 saturated heterocycles. The quantitative estimate of drug-likeness (QED) is 0.505. The van der Waals surface area contributed by atoms with Gasteiger partial charge in [0.1, 0.15) is 6.61 Å². The Kier molecular flexibility index (Phi) is 7.77. The highest BCUT2D eigenvalue weighted by atomic mass is 79.9. The first-order valence-electron chi connectivity index (χ1n) is 6.63. The summed E-state index contributed by atoms with van der Waals surface area (Å²) in [5.74, 6) is 2.48. The fraction of sp³-hybridized carbons (Fsp3) is 0.600. The molecule has 0 aromatic heterocycles. The number of methoxy groups -OCH3 is 2. The molecule has 0 saturated carbocycles. The van der Waals surface area contributed by atoms with Crippen molar-refractivity contribution in [1.29, 1.82) is 0 Å². The lowest BCUT2D eigenvalue weighted by Gasteiger charge is -2.16. The Balaban J connectivity index is 2.67. The molecule has 114 valence electrons. The lowest BCUT2D eigenvalue weighted by Crippen LogP contribution is -2.11. The Morgan fingerprint density at radius 3 is 2.10 bits per heavy atom. The Morgan fingerprint density at radius 2 is 1.65 bits per heavy atom. The van der Waals surface area contributed by atoms with Crippen LogP contribution in [0.1, 0.15) is 19.4 Å². The van der Waals surface area contributed by atoms with E-state index in [9.17, 15) is 0 Å². The van der Waals surface area contributed by atoms with E-state index < -0.39 is 0 Å². The Bertz CT molecular complexity index is 382. The van der Waals surface area contributed by atoms with Crippen molar-refractivity contribution in [2.45, 2.75) is 19.2 Å². The molecular formula is C15H23BrO4. The van der Waals surface area contributed by atoms with Crippen LogP contribution in [0.4, 0.5) is 0 Å².